The summed E-state index contributed by atoms with van der Waals surface area (Å²) in [6.45, 7) is 1.99. The van der Waals surface area contributed by atoms with Crippen molar-refractivity contribution in [1.82, 2.24) is 14.6 Å². The van der Waals surface area contributed by atoms with Crippen molar-refractivity contribution >= 4 is 29.2 Å². The van der Waals surface area contributed by atoms with Crippen LogP contribution in [0, 0.1) is 0 Å². The predicted octanol–water partition coefficient (Wildman–Crippen LogP) is 1.84. The topological polar surface area (TPSA) is 105 Å². The van der Waals surface area contributed by atoms with Crippen molar-refractivity contribution in [3.05, 3.63) is 34.5 Å². The normalized spacial score (nSPS) is 10.2. The smallest absolute Gasteiger partial charge is 0.335 e. The van der Waals surface area contributed by atoms with Crippen molar-refractivity contribution in [1.29, 1.82) is 0 Å². The van der Waals surface area contributed by atoms with E-state index in [2.05, 4.69) is 19.9 Å². The van der Waals surface area contributed by atoms with Gasteiger partial charge in [-0.15, -0.1) is 5.10 Å². The minimum absolute atomic E-state index is 0.0616. The molecule has 0 bridgehead atoms. The third-order valence-corrected chi connectivity index (χ3v) is 3.26. The zero-order valence-corrected chi connectivity index (χ0v) is 11.5. The Morgan fingerprint density at radius 3 is 2.95 bits per heavy atom. The summed E-state index contributed by atoms with van der Waals surface area (Å²) >= 11 is 1.01. The van der Waals surface area contributed by atoms with Crippen molar-refractivity contribution in [2.24, 2.45) is 0 Å². The minimum atomic E-state index is -1.07. The van der Waals surface area contributed by atoms with Crippen LogP contribution in [0.15, 0.2) is 18.3 Å². The number of carbonyl (C=O) groups is 2. The first-order valence-corrected chi connectivity index (χ1v) is 6.71. The summed E-state index contributed by atoms with van der Waals surface area (Å²) in [6, 6.07) is 2.66. The minimum Gasteiger partial charge on any atom is -0.478 e. The fourth-order valence-electron chi connectivity index (χ4n) is 1.59. The molecule has 2 heterocycles. The van der Waals surface area contributed by atoms with Gasteiger partial charge in [0, 0.05) is 6.20 Å². The molecule has 0 saturated heterocycles. The number of aromatic carboxylic acids is 1. The number of nitrogens with one attached hydrogen (secondary N) is 1. The van der Waals surface area contributed by atoms with Crippen LogP contribution >= 0.6 is 11.5 Å². The number of anilines is 1. The Bertz CT molecular complexity index is 641. The summed E-state index contributed by atoms with van der Waals surface area (Å²) < 4.78 is 3.77. The Balaban J connectivity index is 2.17. The Morgan fingerprint density at radius 1 is 1.45 bits per heavy atom. The van der Waals surface area contributed by atoms with Gasteiger partial charge in [-0.2, -0.15) is 0 Å². The van der Waals surface area contributed by atoms with Crippen LogP contribution in [0.5, 0.6) is 0 Å². The van der Waals surface area contributed by atoms with Crippen LogP contribution < -0.4 is 5.32 Å². The van der Waals surface area contributed by atoms with E-state index in [0.717, 1.165) is 18.0 Å². The monoisotopic (exact) mass is 292 g/mol. The Kier molecular flexibility index (Phi) is 4.36. The maximum absolute atomic E-state index is 12.1. The molecule has 2 N–H and O–H groups in total. The number of carboxylic acid groups (broad SMARTS) is 1. The first-order valence-electron chi connectivity index (χ1n) is 5.93. The number of aryl methyl sites for hydroxylation is 1. The van der Waals surface area contributed by atoms with Gasteiger partial charge in [-0.05, 0) is 30.1 Å². The van der Waals surface area contributed by atoms with Gasteiger partial charge in [0.1, 0.15) is 10.7 Å². The van der Waals surface area contributed by atoms with Crippen LogP contribution in [-0.2, 0) is 6.42 Å². The number of hydrogen-bond donors (Lipinski definition) is 2. The van der Waals surface area contributed by atoms with Gasteiger partial charge < -0.3 is 10.4 Å². The average molecular weight is 292 g/mol. The molecule has 20 heavy (non-hydrogen) atoms. The van der Waals surface area contributed by atoms with E-state index in [1.165, 1.54) is 18.3 Å². The second kappa shape index (κ2) is 6.20. The first-order chi connectivity index (χ1) is 9.61. The van der Waals surface area contributed by atoms with E-state index >= 15 is 0 Å². The van der Waals surface area contributed by atoms with E-state index in [1.54, 1.807) is 0 Å². The van der Waals surface area contributed by atoms with Crippen LogP contribution in [0.2, 0.25) is 0 Å². The summed E-state index contributed by atoms with van der Waals surface area (Å²) in [5.74, 6) is -1.27. The molecule has 0 aromatic carbocycles. The molecule has 0 spiro atoms. The number of hydrogen-bond acceptors (Lipinski definition) is 6. The summed E-state index contributed by atoms with van der Waals surface area (Å²) in [7, 11) is 0. The van der Waals surface area contributed by atoms with Crippen LogP contribution in [0.25, 0.3) is 0 Å². The number of aromatic nitrogens is 3. The number of pyridine rings is 1. The van der Waals surface area contributed by atoms with E-state index < -0.39 is 5.97 Å². The third-order valence-electron chi connectivity index (χ3n) is 2.50. The SMILES string of the molecule is CCCc1nnsc1C(=O)Nc1cc(C(=O)O)ccn1. The average Bonchev–Trinajstić information content (AvgIpc) is 2.88. The highest BCUT2D eigenvalue weighted by molar-refractivity contribution is 7.08. The molecule has 0 atom stereocenters. The molecule has 1 amide bonds. The molecule has 7 nitrogen and oxygen atoms in total. The van der Waals surface area contributed by atoms with Gasteiger partial charge in [-0.25, -0.2) is 9.78 Å². The standard InChI is InChI=1S/C12H12N4O3S/c1-2-3-8-10(20-16-15-8)11(17)14-9-6-7(12(18)19)4-5-13-9/h4-6H,2-3H2,1H3,(H,18,19)(H,13,14,17). The summed E-state index contributed by atoms with van der Waals surface area (Å²) in [5.41, 5.74) is 0.705. The number of nitrogens with zero attached hydrogens (tertiary/aromatic N) is 3. The van der Waals surface area contributed by atoms with Gasteiger partial charge in [0.05, 0.1) is 11.3 Å². The maximum atomic E-state index is 12.1. The van der Waals surface area contributed by atoms with E-state index in [0.29, 0.717) is 17.0 Å². The molecule has 8 heteroatoms. The largest absolute Gasteiger partial charge is 0.478 e. The number of rotatable bonds is 5. The van der Waals surface area contributed by atoms with Crippen LogP contribution in [0.4, 0.5) is 5.82 Å². The lowest BCUT2D eigenvalue weighted by atomic mass is 10.2. The third kappa shape index (κ3) is 3.15. The molecule has 0 aliphatic carbocycles. The van der Waals surface area contributed by atoms with Gasteiger partial charge in [0.15, 0.2) is 0 Å². The second-order valence-corrected chi connectivity index (χ2v) is 4.74. The second-order valence-electron chi connectivity index (χ2n) is 3.99. The lowest BCUT2D eigenvalue weighted by Gasteiger charge is -2.04. The summed E-state index contributed by atoms with van der Waals surface area (Å²) in [5, 5.41) is 15.3. The fourth-order valence-corrected chi connectivity index (χ4v) is 2.19. The van der Waals surface area contributed by atoms with E-state index in [4.69, 9.17) is 5.11 Å². The predicted molar refractivity (Wildman–Crippen MR) is 73.1 cm³/mol. The lowest BCUT2D eigenvalue weighted by molar-refractivity contribution is 0.0696. The number of carboxylic acids is 1. The van der Waals surface area contributed by atoms with Crippen molar-refractivity contribution in [3.63, 3.8) is 0 Å². The molecule has 0 radical (unpaired) electrons. The molecule has 0 saturated carbocycles. The van der Waals surface area contributed by atoms with Gasteiger partial charge in [0.25, 0.3) is 5.91 Å². The highest BCUT2D eigenvalue weighted by atomic mass is 32.1. The molecule has 2 rings (SSSR count). The fraction of sp³-hybridized carbons (Fsp3) is 0.250. The van der Waals surface area contributed by atoms with Gasteiger partial charge in [0.2, 0.25) is 0 Å². The van der Waals surface area contributed by atoms with Crippen LogP contribution in [0.1, 0.15) is 39.1 Å². The molecule has 2 aromatic rings. The lowest BCUT2D eigenvalue weighted by Crippen LogP contribution is -2.14. The van der Waals surface area contributed by atoms with Crippen LogP contribution in [-0.4, -0.2) is 31.6 Å². The molecule has 0 aliphatic rings. The quantitative estimate of drug-likeness (QED) is 0.871. The Labute approximate surface area is 118 Å². The van der Waals surface area contributed by atoms with Gasteiger partial charge in [-0.3, -0.25) is 4.79 Å². The molecule has 0 fully saturated rings. The van der Waals surface area contributed by atoms with E-state index in [-0.39, 0.29) is 17.3 Å². The van der Waals surface area contributed by atoms with Gasteiger partial charge in [-0.1, -0.05) is 17.8 Å². The first kappa shape index (κ1) is 14.1. The Hall–Kier alpha value is -2.35. The molecule has 2 aromatic heterocycles. The number of amides is 1. The van der Waals surface area contributed by atoms with Crippen molar-refractivity contribution in [3.8, 4) is 0 Å². The molecular formula is C12H12N4O3S. The zero-order valence-electron chi connectivity index (χ0n) is 10.7. The Morgan fingerprint density at radius 2 is 2.25 bits per heavy atom. The molecule has 0 aliphatic heterocycles. The van der Waals surface area contributed by atoms with Crippen molar-refractivity contribution < 1.29 is 14.7 Å². The molecule has 104 valence electrons. The highest BCUT2D eigenvalue weighted by Gasteiger charge is 2.16. The molecule has 0 unspecified atom stereocenters. The van der Waals surface area contributed by atoms with Crippen molar-refractivity contribution in [2.75, 3.05) is 5.32 Å². The molecular weight excluding hydrogens is 280 g/mol. The summed E-state index contributed by atoms with van der Waals surface area (Å²) in [4.78, 5) is 27.3. The zero-order chi connectivity index (χ0) is 14.5. The highest BCUT2D eigenvalue weighted by Crippen LogP contribution is 2.15. The van der Waals surface area contributed by atoms with E-state index in [9.17, 15) is 9.59 Å². The van der Waals surface area contributed by atoms with Crippen LogP contribution in [0.3, 0.4) is 0 Å². The van der Waals surface area contributed by atoms with E-state index in [1.807, 2.05) is 6.92 Å². The maximum Gasteiger partial charge on any atom is 0.335 e. The van der Waals surface area contributed by atoms with Crippen molar-refractivity contribution in [2.45, 2.75) is 19.8 Å². The summed E-state index contributed by atoms with van der Waals surface area (Å²) in [6.07, 6.45) is 2.86. The number of carbonyl (C=O) groups excluding carboxylic acids is 1. The van der Waals surface area contributed by atoms with Gasteiger partial charge >= 0.3 is 5.97 Å².